The summed E-state index contributed by atoms with van der Waals surface area (Å²) in [4.78, 5) is 32.5. The summed E-state index contributed by atoms with van der Waals surface area (Å²) in [6.07, 6.45) is 2.06. The van der Waals surface area contributed by atoms with Crippen molar-refractivity contribution in [2.24, 2.45) is 0 Å². The predicted molar refractivity (Wildman–Crippen MR) is 170 cm³/mol. The molecular formula is C30H27Cl4N5O4. The Bertz CT molecular complexity index is 1570. The Morgan fingerprint density at radius 2 is 1.65 bits per heavy atom. The number of nitrogens with zero attached hydrogens (tertiary/aromatic N) is 5. The maximum atomic E-state index is 13.0. The molecule has 5 rings (SSSR count). The maximum absolute atomic E-state index is 13.0. The molecule has 2 aromatic carbocycles. The fraction of sp³-hybridized carbons (Fsp3) is 0.267. The van der Waals surface area contributed by atoms with Gasteiger partial charge in [-0.15, -0.1) is 0 Å². The molecule has 1 aliphatic heterocycles. The molecule has 0 unspecified atom stereocenters. The van der Waals surface area contributed by atoms with Crippen molar-refractivity contribution in [2.75, 3.05) is 42.5 Å². The first-order valence-electron chi connectivity index (χ1n) is 13.5. The van der Waals surface area contributed by atoms with E-state index in [4.69, 9.17) is 56.0 Å². The Labute approximate surface area is 268 Å². The number of hydrogen-bond acceptors (Lipinski definition) is 6. The second-order valence-corrected chi connectivity index (χ2v) is 11.8. The zero-order valence-corrected chi connectivity index (χ0v) is 25.8. The van der Waals surface area contributed by atoms with E-state index in [-0.39, 0.29) is 0 Å². The van der Waals surface area contributed by atoms with Crippen LogP contribution in [0.3, 0.4) is 0 Å². The second kappa shape index (κ2) is 13.9. The van der Waals surface area contributed by atoms with Gasteiger partial charge in [0.25, 0.3) is 5.91 Å². The largest absolute Gasteiger partial charge is 0.465 e. The van der Waals surface area contributed by atoms with Gasteiger partial charge in [0.15, 0.2) is 10.6 Å². The van der Waals surface area contributed by atoms with Gasteiger partial charge in [-0.25, -0.2) is 4.79 Å². The number of alkyl halides is 2. The molecule has 224 valence electrons. The van der Waals surface area contributed by atoms with Gasteiger partial charge in [0.05, 0.1) is 10.0 Å². The van der Waals surface area contributed by atoms with Crippen molar-refractivity contribution in [2.45, 2.75) is 17.7 Å². The monoisotopic (exact) mass is 661 g/mol. The normalized spacial score (nSPS) is 13.4. The third kappa shape index (κ3) is 7.36. The van der Waals surface area contributed by atoms with E-state index in [9.17, 15) is 9.59 Å². The number of carbonyl (C=O) groups is 2. The fourth-order valence-corrected chi connectivity index (χ4v) is 5.76. The molecule has 43 heavy (non-hydrogen) atoms. The molecule has 1 aliphatic rings. The first-order chi connectivity index (χ1) is 20.7. The minimum Gasteiger partial charge on any atom is -0.465 e. The minimum atomic E-state index is -1.24. The van der Waals surface area contributed by atoms with E-state index in [0.29, 0.717) is 84.0 Å². The van der Waals surface area contributed by atoms with Crippen LogP contribution in [0.5, 0.6) is 0 Å². The molecule has 4 aromatic rings. The molecule has 0 radical (unpaired) electrons. The number of benzene rings is 2. The van der Waals surface area contributed by atoms with Gasteiger partial charge in [-0.1, -0.05) is 69.8 Å². The highest BCUT2D eigenvalue weighted by Gasteiger charge is 2.24. The second-order valence-electron chi connectivity index (χ2n) is 9.89. The van der Waals surface area contributed by atoms with Gasteiger partial charge in [0.2, 0.25) is 0 Å². The number of halogens is 4. The Morgan fingerprint density at radius 1 is 0.953 bits per heavy atom. The van der Waals surface area contributed by atoms with Crippen LogP contribution in [0.4, 0.5) is 16.2 Å². The topological polar surface area (TPSA) is 103 Å². The van der Waals surface area contributed by atoms with Crippen LogP contribution in [0.2, 0.25) is 10.0 Å². The highest BCUT2D eigenvalue weighted by molar-refractivity contribution is 6.54. The standard InChI is InChI=1S/C30H27Cl4N5O4/c31-22-4-1-5-23(32)27(22)25-18-26(43-36-25)24-17-21(10-11-35-24)39(29(40)28(33)34)12-2-3-19-6-8-20(9-7-19)37-13-15-38(16-14-37)30(41)42/h1,4-11,17-18,28H,2-3,12-16H2,(H,41,42). The highest BCUT2D eigenvalue weighted by Crippen LogP contribution is 2.36. The van der Waals surface area contributed by atoms with Crippen LogP contribution in [-0.2, 0) is 11.2 Å². The average molecular weight is 663 g/mol. The van der Waals surface area contributed by atoms with Crippen LogP contribution in [0, 0.1) is 0 Å². The first-order valence-corrected chi connectivity index (χ1v) is 15.1. The maximum Gasteiger partial charge on any atom is 0.407 e. The number of carbonyl (C=O) groups excluding carboxylic acids is 1. The Morgan fingerprint density at radius 3 is 2.30 bits per heavy atom. The Balaban J connectivity index is 1.26. The average Bonchev–Trinajstić information content (AvgIpc) is 3.49. The van der Waals surface area contributed by atoms with Crippen molar-refractivity contribution in [3.8, 4) is 22.7 Å². The van der Waals surface area contributed by atoms with Gasteiger partial charge in [-0.3, -0.25) is 9.78 Å². The molecule has 0 atom stereocenters. The molecule has 13 heteroatoms. The summed E-state index contributed by atoms with van der Waals surface area (Å²) in [7, 11) is 0. The fourth-order valence-electron chi connectivity index (χ4n) is 4.93. The molecule has 3 heterocycles. The predicted octanol–water partition coefficient (Wildman–Crippen LogP) is 7.28. The van der Waals surface area contributed by atoms with E-state index in [0.717, 1.165) is 11.3 Å². The van der Waals surface area contributed by atoms with Gasteiger partial charge in [0.1, 0.15) is 11.4 Å². The lowest BCUT2D eigenvalue weighted by Crippen LogP contribution is -2.48. The van der Waals surface area contributed by atoms with Crippen LogP contribution in [-0.4, -0.2) is 69.7 Å². The third-order valence-corrected chi connectivity index (χ3v) is 8.19. The number of aryl methyl sites for hydroxylation is 1. The molecule has 1 saturated heterocycles. The Hall–Kier alpha value is -3.50. The van der Waals surface area contributed by atoms with Crippen molar-refractivity contribution in [1.29, 1.82) is 0 Å². The van der Waals surface area contributed by atoms with E-state index in [1.165, 1.54) is 9.80 Å². The van der Waals surface area contributed by atoms with Crippen LogP contribution in [0.25, 0.3) is 22.7 Å². The van der Waals surface area contributed by atoms with E-state index in [1.807, 2.05) is 24.3 Å². The summed E-state index contributed by atoms with van der Waals surface area (Å²) in [6, 6.07) is 18.5. The van der Waals surface area contributed by atoms with Crippen molar-refractivity contribution in [3.05, 3.63) is 82.5 Å². The highest BCUT2D eigenvalue weighted by atomic mass is 35.5. The van der Waals surface area contributed by atoms with E-state index < -0.39 is 16.8 Å². The smallest absolute Gasteiger partial charge is 0.407 e. The quantitative estimate of drug-likeness (QED) is 0.188. The lowest BCUT2D eigenvalue weighted by molar-refractivity contribution is -0.117. The van der Waals surface area contributed by atoms with E-state index >= 15 is 0 Å². The van der Waals surface area contributed by atoms with Crippen LogP contribution in [0.1, 0.15) is 12.0 Å². The molecule has 2 aromatic heterocycles. The van der Waals surface area contributed by atoms with Crippen LogP contribution < -0.4 is 9.80 Å². The molecule has 0 spiro atoms. The minimum absolute atomic E-state index is 0.369. The number of hydrogen-bond donors (Lipinski definition) is 1. The summed E-state index contributed by atoms with van der Waals surface area (Å²) >= 11 is 24.7. The van der Waals surface area contributed by atoms with Crippen molar-refractivity contribution in [3.63, 3.8) is 0 Å². The zero-order chi connectivity index (χ0) is 30.5. The van der Waals surface area contributed by atoms with Gasteiger partial charge in [0, 0.05) is 61.9 Å². The molecule has 1 fully saturated rings. The Kier molecular flexibility index (Phi) is 9.97. The molecule has 2 amide bonds. The van der Waals surface area contributed by atoms with Crippen molar-refractivity contribution in [1.82, 2.24) is 15.0 Å². The number of carboxylic acid groups (broad SMARTS) is 1. The van der Waals surface area contributed by atoms with Gasteiger partial charge in [-0.05, 0) is 54.8 Å². The van der Waals surface area contributed by atoms with Gasteiger partial charge in [-0.2, -0.15) is 0 Å². The van der Waals surface area contributed by atoms with Gasteiger partial charge >= 0.3 is 6.09 Å². The molecule has 1 N–H and O–H groups in total. The molecule has 0 saturated carbocycles. The van der Waals surface area contributed by atoms with Crippen molar-refractivity contribution >= 4 is 69.8 Å². The number of piperazine rings is 1. The SMILES string of the molecule is O=C(O)N1CCN(c2ccc(CCCN(C(=O)C(Cl)Cl)c3ccnc(-c4cc(-c5c(Cl)cccc5Cl)no4)c3)cc2)CC1. The molecule has 0 aliphatic carbocycles. The van der Waals surface area contributed by atoms with E-state index in [2.05, 4.69) is 15.0 Å². The lowest BCUT2D eigenvalue weighted by atomic mass is 10.1. The summed E-state index contributed by atoms with van der Waals surface area (Å²) < 4.78 is 5.55. The summed E-state index contributed by atoms with van der Waals surface area (Å²) in [6.45, 7) is 2.63. The van der Waals surface area contributed by atoms with Crippen LogP contribution in [0.15, 0.2) is 71.4 Å². The van der Waals surface area contributed by atoms with E-state index in [1.54, 1.807) is 42.6 Å². The summed E-state index contributed by atoms with van der Waals surface area (Å²) in [5, 5.41) is 14.2. The number of aromatic nitrogens is 2. The lowest BCUT2D eigenvalue weighted by Gasteiger charge is -2.34. The number of rotatable bonds is 9. The summed E-state index contributed by atoms with van der Waals surface area (Å²) in [5.41, 5.74) is 4.19. The number of anilines is 2. The zero-order valence-electron chi connectivity index (χ0n) is 22.8. The molecule has 9 nitrogen and oxygen atoms in total. The summed E-state index contributed by atoms with van der Waals surface area (Å²) in [5.74, 6) is -0.0737. The number of pyridine rings is 1. The number of amides is 2. The van der Waals surface area contributed by atoms with Gasteiger partial charge < -0.3 is 24.3 Å². The first kappa shape index (κ1) is 30.9. The van der Waals surface area contributed by atoms with Crippen molar-refractivity contribution < 1.29 is 19.2 Å². The molecule has 0 bridgehead atoms. The molecular weight excluding hydrogens is 636 g/mol. The van der Waals surface area contributed by atoms with Crippen LogP contribution >= 0.6 is 46.4 Å². The third-order valence-electron chi connectivity index (χ3n) is 7.19.